The van der Waals surface area contributed by atoms with Gasteiger partial charge in [-0.05, 0) is 26.6 Å². The van der Waals surface area contributed by atoms with Gasteiger partial charge in [0.05, 0.1) is 11.1 Å². The van der Waals surface area contributed by atoms with E-state index in [1.54, 1.807) is 17.8 Å². The summed E-state index contributed by atoms with van der Waals surface area (Å²) in [5, 5.41) is 8.63. The Bertz CT molecular complexity index is 1200. The molecule has 9 heteroatoms. The zero-order chi connectivity index (χ0) is 24.8. The van der Waals surface area contributed by atoms with Gasteiger partial charge in [0.25, 0.3) is 5.91 Å². The van der Waals surface area contributed by atoms with Crippen LogP contribution in [0.5, 0.6) is 0 Å². The second-order valence-corrected chi connectivity index (χ2v) is 9.78. The maximum absolute atomic E-state index is 13.4. The Morgan fingerprint density at radius 2 is 1.77 bits per heavy atom. The average molecular weight is 490 g/mol. The number of aromatic nitrogens is 2. The molecule has 0 fully saturated rings. The second kappa shape index (κ2) is 11.3. The lowest BCUT2D eigenvalue weighted by Crippen LogP contribution is -2.29. The first kappa shape index (κ1) is 24.7. The van der Waals surface area contributed by atoms with E-state index >= 15 is 0 Å². The molecule has 2 heterocycles. The van der Waals surface area contributed by atoms with Crippen LogP contribution >= 0.6 is 11.8 Å². The SMILES string of the molecule is CCC1NN=C(c2ccccc2NC(=O)c2cc(N(C)CCN(C)C)nc(-c3ccccc3)n2)S1. The summed E-state index contributed by atoms with van der Waals surface area (Å²) in [4.78, 5) is 27.0. The molecule has 1 atom stereocenters. The van der Waals surface area contributed by atoms with Gasteiger partial charge in [0.1, 0.15) is 16.6 Å². The fourth-order valence-electron chi connectivity index (χ4n) is 3.51. The highest BCUT2D eigenvalue weighted by Gasteiger charge is 2.22. The standard InChI is InChI=1S/C26H31N7OS/c1-5-23-30-31-26(35-23)19-13-9-10-14-20(19)28-25(34)21-17-22(33(4)16-15-32(2)3)29-24(27-21)18-11-7-6-8-12-18/h6-14,17,23,30H,5,15-16H2,1-4H3,(H,28,34). The van der Waals surface area contributed by atoms with Crippen molar-refractivity contribution in [3.05, 3.63) is 71.9 Å². The molecule has 2 aromatic carbocycles. The van der Waals surface area contributed by atoms with Gasteiger partial charge in [0, 0.05) is 37.3 Å². The molecular weight excluding hydrogens is 458 g/mol. The van der Waals surface area contributed by atoms with Crippen molar-refractivity contribution in [2.24, 2.45) is 5.10 Å². The highest BCUT2D eigenvalue weighted by molar-refractivity contribution is 8.15. The normalized spacial score (nSPS) is 15.0. The maximum atomic E-state index is 13.4. The van der Waals surface area contributed by atoms with Crippen LogP contribution in [0.25, 0.3) is 11.4 Å². The van der Waals surface area contributed by atoms with Crippen LogP contribution in [0.1, 0.15) is 29.4 Å². The molecule has 35 heavy (non-hydrogen) atoms. The Hall–Kier alpha value is -3.43. The highest BCUT2D eigenvalue weighted by Crippen LogP contribution is 2.29. The molecule has 1 aromatic heterocycles. The monoisotopic (exact) mass is 489 g/mol. The summed E-state index contributed by atoms with van der Waals surface area (Å²) in [5.74, 6) is 0.927. The van der Waals surface area contributed by atoms with E-state index < -0.39 is 0 Å². The van der Waals surface area contributed by atoms with E-state index in [0.29, 0.717) is 23.0 Å². The summed E-state index contributed by atoms with van der Waals surface area (Å²) in [7, 11) is 6.04. The summed E-state index contributed by atoms with van der Waals surface area (Å²) in [5.41, 5.74) is 5.89. The van der Waals surface area contributed by atoms with Crippen LogP contribution in [0.2, 0.25) is 0 Å². The number of hydrogen-bond donors (Lipinski definition) is 2. The first-order valence-corrected chi connectivity index (χ1v) is 12.5. The molecule has 0 bridgehead atoms. The lowest BCUT2D eigenvalue weighted by Gasteiger charge is -2.21. The quantitative estimate of drug-likeness (QED) is 0.467. The molecule has 3 aromatic rings. The van der Waals surface area contributed by atoms with Crippen LogP contribution < -0.4 is 15.6 Å². The van der Waals surface area contributed by atoms with Crippen molar-refractivity contribution in [1.29, 1.82) is 0 Å². The summed E-state index contributed by atoms with van der Waals surface area (Å²) < 4.78 is 0. The number of benzene rings is 2. The number of amides is 1. The molecule has 0 spiro atoms. The molecule has 0 saturated heterocycles. The van der Waals surface area contributed by atoms with Gasteiger partial charge < -0.3 is 15.1 Å². The lowest BCUT2D eigenvalue weighted by molar-refractivity contribution is 0.102. The van der Waals surface area contributed by atoms with Crippen LogP contribution in [0, 0.1) is 0 Å². The molecule has 2 N–H and O–H groups in total. The lowest BCUT2D eigenvalue weighted by atomic mass is 10.2. The van der Waals surface area contributed by atoms with E-state index in [2.05, 4.69) is 32.7 Å². The summed E-state index contributed by atoms with van der Waals surface area (Å²) in [6, 6.07) is 19.2. The van der Waals surface area contributed by atoms with Crippen LogP contribution in [0.3, 0.4) is 0 Å². The number of carbonyl (C=O) groups is 1. The number of anilines is 2. The zero-order valence-electron chi connectivity index (χ0n) is 20.5. The molecule has 1 unspecified atom stereocenters. The maximum Gasteiger partial charge on any atom is 0.274 e. The fraction of sp³-hybridized carbons (Fsp3) is 0.308. The third-order valence-electron chi connectivity index (χ3n) is 5.59. The Morgan fingerprint density at radius 1 is 1.03 bits per heavy atom. The predicted octanol–water partition coefficient (Wildman–Crippen LogP) is 4.13. The number of carbonyl (C=O) groups excluding carboxylic acids is 1. The summed E-state index contributed by atoms with van der Waals surface area (Å²) in [6.45, 7) is 3.75. The Kier molecular flexibility index (Phi) is 7.99. The van der Waals surface area contributed by atoms with Crippen LogP contribution in [0.15, 0.2) is 65.8 Å². The third-order valence-corrected chi connectivity index (χ3v) is 6.85. The molecule has 4 rings (SSSR count). The number of thioether (sulfide) groups is 1. The molecule has 1 amide bonds. The summed E-state index contributed by atoms with van der Waals surface area (Å²) >= 11 is 1.67. The van der Waals surface area contributed by atoms with E-state index in [1.807, 2.05) is 80.6 Å². The van der Waals surface area contributed by atoms with E-state index in [1.165, 1.54) is 0 Å². The van der Waals surface area contributed by atoms with E-state index in [-0.39, 0.29) is 11.3 Å². The topological polar surface area (TPSA) is 85.8 Å². The number of rotatable bonds is 9. The molecule has 1 aliphatic rings. The number of hydrazone groups is 1. The number of hydrogen-bond acceptors (Lipinski definition) is 8. The molecule has 8 nitrogen and oxygen atoms in total. The first-order chi connectivity index (χ1) is 16.9. The van der Waals surface area contributed by atoms with Gasteiger partial charge in [-0.15, -0.1) is 0 Å². The molecule has 182 valence electrons. The largest absolute Gasteiger partial charge is 0.358 e. The zero-order valence-corrected chi connectivity index (χ0v) is 21.3. The number of likely N-dealkylation sites (N-methyl/N-ethyl adjacent to an activating group) is 2. The Morgan fingerprint density at radius 3 is 2.49 bits per heavy atom. The van der Waals surface area contributed by atoms with Gasteiger partial charge in [0.15, 0.2) is 5.82 Å². The molecule has 0 saturated carbocycles. The molecule has 0 radical (unpaired) electrons. The van der Waals surface area contributed by atoms with Gasteiger partial charge >= 0.3 is 0 Å². The van der Waals surface area contributed by atoms with E-state index in [9.17, 15) is 4.79 Å². The number of nitrogens with zero attached hydrogens (tertiary/aromatic N) is 5. The van der Waals surface area contributed by atoms with Crippen LogP contribution in [0.4, 0.5) is 11.5 Å². The van der Waals surface area contributed by atoms with Crippen molar-refractivity contribution in [3.63, 3.8) is 0 Å². The van der Waals surface area contributed by atoms with Crippen molar-refractivity contribution >= 4 is 34.2 Å². The van der Waals surface area contributed by atoms with Gasteiger partial charge in [0.2, 0.25) is 0 Å². The minimum Gasteiger partial charge on any atom is -0.358 e. The van der Waals surface area contributed by atoms with Gasteiger partial charge in [-0.1, -0.05) is 67.2 Å². The summed E-state index contributed by atoms with van der Waals surface area (Å²) in [6.07, 6.45) is 0.958. The fourth-order valence-corrected chi connectivity index (χ4v) is 4.46. The van der Waals surface area contributed by atoms with E-state index in [0.717, 1.165) is 35.7 Å². The van der Waals surface area contributed by atoms with Crippen LogP contribution in [-0.4, -0.2) is 65.4 Å². The van der Waals surface area contributed by atoms with Gasteiger partial charge in [-0.3, -0.25) is 10.2 Å². The van der Waals surface area contributed by atoms with Gasteiger partial charge in [-0.2, -0.15) is 5.10 Å². The van der Waals surface area contributed by atoms with Gasteiger partial charge in [-0.25, -0.2) is 9.97 Å². The smallest absolute Gasteiger partial charge is 0.274 e. The number of para-hydroxylation sites is 1. The Balaban J connectivity index is 1.64. The van der Waals surface area contributed by atoms with Crippen LogP contribution in [-0.2, 0) is 0 Å². The van der Waals surface area contributed by atoms with E-state index in [4.69, 9.17) is 4.98 Å². The third kappa shape index (κ3) is 6.17. The van der Waals surface area contributed by atoms with Crippen molar-refractivity contribution in [2.45, 2.75) is 18.7 Å². The van der Waals surface area contributed by atoms with Crippen molar-refractivity contribution in [1.82, 2.24) is 20.3 Å². The predicted molar refractivity (Wildman–Crippen MR) is 145 cm³/mol. The second-order valence-electron chi connectivity index (χ2n) is 8.59. The minimum absolute atomic E-state index is 0.240. The minimum atomic E-state index is -0.289. The Labute approximate surface area is 210 Å². The highest BCUT2D eigenvalue weighted by atomic mass is 32.2. The molecule has 1 aliphatic heterocycles. The number of nitrogens with one attached hydrogen (secondary N) is 2. The van der Waals surface area contributed by atoms with Crippen molar-refractivity contribution in [2.75, 3.05) is 44.4 Å². The molecule has 0 aliphatic carbocycles. The average Bonchev–Trinajstić information content (AvgIpc) is 3.37. The molecular formula is C26H31N7OS. The van der Waals surface area contributed by atoms with Crippen molar-refractivity contribution in [3.8, 4) is 11.4 Å². The van der Waals surface area contributed by atoms with Crippen molar-refractivity contribution < 1.29 is 4.79 Å². The first-order valence-electron chi connectivity index (χ1n) is 11.7.